The van der Waals surface area contributed by atoms with Crippen LogP contribution in [0.25, 0.3) is 0 Å². The van der Waals surface area contributed by atoms with Crippen molar-refractivity contribution < 1.29 is 34.4 Å². The van der Waals surface area contributed by atoms with Gasteiger partial charge in [-0.15, -0.1) is 0 Å². The van der Waals surface area contributed by atoms with Gasteiger partial charge in [0.25, 0.3) is 0 Å². The topological polar surface area (TPSA) is 113 Å². The van der Waals surface area contributed by atoms with E-state index in [1.165, 1.54) is 57.8 Å². The summed E-state index contributed by atoms with van der Waals surface area (Å²) in [4.78, 5) is 23.9. The van der Waals surface area contributed by atoms with Gasteiger partial charge in [-0.25, -0.2) is 0 Å². The highest BCUT2D eigenvalue weighted by Crippen LogP contribution is 2.15. The first-order chi connectivity index (χ1) is 23.8. The number of carbonyl (C=O) groups excluding carboxylic acids is 2. The van der Waals surface area contributed by atoms with E-state index in [-0.39, 0.29) is 25.6 Å². The molecule has 0 aromatic heterocycles. The standard InChI is InChI=1S/C42H70O7/c1-4-6-21-29-38(43)30-23-17-13-11-14-18-24-31-39(44)32-25-20-27-34-42(47)49-36-40(45)35-48-41(46)33-26-19-15-10-8-7-9-12-16-22-28-37(3)5-2/h6,13-14,17-18,21,23-25,30-32,37-40,43-45H,4-5,7-12,15-16,19-20,22,26-29,33-36H2,1-3H3/b17-13-,18-14-,21-6-,30-23+,31-24+,32-25-/t37?,38-,39-,40+/m1/s1. The second-order valence-electron chi connectivity index (χ2n) is 13.0. The molecule has 49 heavy (non-hydrogen) atoms. The molecule has 1 unspecified atom stereocenters. The highest BCUT2D eigenvalue weighted by Gasteiger charge is 2.12. The first-order valence-corrected chi connectivity index (χ1v) is 19.1. The smallest absolute Gasteiger partial charge is 0.305 e. The summed E-state index contributed by atoms with van der Waals surface area (Å²) in [7, 11) is 0. The lowest BCUT2D eigenvalue weighted by atomic mass is 9.99. The summed E-state index contributed by atoms with van der Waals surface area (Å²) in [5, 5.41) is 29.8. The molecule has 0 radical (unpaired) electrons. The predicted octanol–water partition coefficient (Wildman–Crippen LogP) is 9.58. The number of ether oxygens (including phenoxy) is 2. The summed E-state index contributed by atoms with van der Waals surface area (Å²) in [6.07, 6.45) is 38.8. The number of rotatable bonds is 32. The van der Waals surface area contributed by atoms with Crippen molar-refractivity contribution in [3.05, 3.63) is 72.9 Å². The SMILES string of the molecule is CC/C=C\C[C@@H](O)/C=C/C=C\C/C=C\C=C\[C@@H](O)/C=C\CCCC(=O)OC[C@@H](O)COC(=O)CCCCCCCCCCCCC(C)CC. The van der Waals surface area contributed by atoms with Gasteiger partial charge in [-0.1, -0.05) is 164 Å². The molecule has 0 aromatic carbocycles. The molecule has 3 N–H and O–H groups in total. The Bertz CT molecular complexity index is 962. The van der Waals surface area contributed by atoms with Crippen molar-refractivity contribution in [1.82, 2.24) is 0 Å². The molecule has 0 aliphatic carbocycles. The van der Waals surface area contributed by atoms with Crippen molar-refractivity contribution >= 4 is 11.9 Å². The van der Waals surface area contributed by atoms with Gasteiger partial charge in [-0.3, -0.25) is 9.59 Å². The van der Waals surface area contributed by atoms with Crippen LogP contribution in [0.15, 0.2) is 72.9 Å². The Labute approximate surface area is 298 Å². The molecule has 0 spiro atoms. The van der Waals surface area contributed by atoms with Crippen molar-refractivity contribution in [2.24, 2.45) is 5.92 Å². The van der Waals surface area contributed by atoms with E-state index in [1.54, 1.807) is 24.3 Å². The number of hydrogen-bond acceptors (Lipinski definition) is 7. The lowest BCUT2D eigenvalue weighted by molar-refractivity contribution is -0.152. The Morgan fingerprint density at radius 1 is 0.612 bits per heavy atom. The van der Waals surface area contributed by atoms with Crippen LogP contribution in [0.1, 0.15) is 143 Å². The van der Waals surface area contributed by atoms with Gasteiger partial charge in [-0.2, -0.15) is 0 Å². The van der Waals surface area contributed by atoms with Gasteiger partial charge in [0.1, 0.15) is 19.3 Å². The molecule has 0 aliphatic heterocycles. The van der Waals surface area contributed by atoms with Crippen molar-refractivity contribution in [1.29, 1.82) is 0 Å². The molecule has 0 saturated heterocycles. The second kappa shape index (κ2) is 35.1. The lowest BCUT2D eigenvalue weighted by Crippen LogP contribution is -2.25. The van der Waals surface area contributed by atoms with Crippen molar-refractivity contribution in [2.45, 2.75) is 161 Å². The fourth-order valence-electron chi connectivity index (χ4n) is 4.86. The Morgan fingerprint density at radius 2 is 1.16 bits per heavy atom. The van der Waals surface area contributed by atoms with Crippen LogP contribution < -0.4 is 0 Å². The number of aliphatic hydroxyl groups excluding tert-OH is 3. The molecule has 0 aliphatic rings. The maximum Gasteiger partial charge on any atom is 0.305 e. The number of esters is 2. The molecule has 0 rings (SSSR count). The largest absolute Gasteiger partial charge is 0.463 e. The van der Waals surface area contributed by atoms with E-state index in [4.69, 9.17) is 9.47 Å². The zero-order valence-electron chi connectivity index (χ0n) is 31.1. The molecular weight excluding hydrogens is 616 g/mol. The molecule has 7 heteroatoms. The fraction of sp³-hybridized carbons (Fsp3) is 0.667. The summed E-state index contributed by atoms with van der Waals surface area (Å²) >= 11 is 0. The summed E-state index contributed by atoms with van der Waals surface area (Å²) in [5.41, 5.74) is 0. The maximum atomic E-state index is 12.0. The van der Waals surface area contributed by atoms with Gasteiger partial charge in [0.05, 0.1) is 12.2 Å². The number of allylic oxidation sites excluding steroid dienone is 8. The zero-order chi connectivity index (χ0) is 36.2. The van der Waals surface area contributed by atoms with Crippen LogP contribution in [-0.2, 0) is 19.1 Å². The summed E-state index contributed by atoms with van der Waals surface area (Å²) in [6, 6.07) is 0. The van der Waals surface area contributed by atoms with Crippen molar-refractivity contribution in [3.63, 3.8) is 0 Å². The number of aliphatic hydroxyl groups is 3. The number of unbranched alkanes of at least 4 members (excludes halogenated alkanes) is 10. The van der Waals surface area contributed by atoms with E-state index in [2.05, 4.69) is 20.8 Å². The van der Waals surface area contributed by atoms with Crippen LogP contribution in [0.2, 0.25) is 0 Å². The van der Waals surface area contributed by atoms with E-state index in [1.807, 2.05) is 48.6 Å². The van der Waals surface area contributed by atoms with Crippen LogP contribution in [-0.4, -0.2) is 58.8 Å². The molecule has 0 heterocycles. The molecule has 280 valence electrons. The molecule has 0 fully saturated rings. The third-order valence-corrected chi connectivity index (χ3v) is 8.17. The van der Waals surface area contributed by atoms with E-state index in [0.717, 1.165) is 38.0 Å². The van der Waals surface area contributed by atoms with Gasteiger partial charge in [0.2, 0.25) is 0 Å². The van der Waals surface area contributed by atoms with E-state index in [9.17, 15) is 24.9 Å². The number of hydrogen-bond donors (Lipinski definition) is 3. The van der Waals surface area contributed by atoms with E-state index in [0.29, 0.717) is 25.7 Å². The summed E-state index contributed by atoms with van der Waals surface area (Å²) in [6.45, 7) is 6.29. The minimum atomic E-state index is -1.04. The average molecular weight is 687 g/mol. The van der Waals surface area contributed by atoms with Crippen molar-refractivity contribution in [2.75, 3.05) is 13.2 Å². The maximum absolute atomic E-state index is 12.0. The predicted molar refractivity (Wildman–Crippen MR) is 203 cm³/mol. The Kier molecular flexibility index (Phi) is 33.1. The van der Waals surface area contributed by atoms with Crippen LogP contribution in [0, 0.1) is 5.92 Å². The van der Waals surface area contributed by atoms with E-state index < -0.39 is 24.3 Å². The highest BCUT2D eigenvalue weighted by atomic mass is 16.6. The normalized spacial score (nSPS) is 15.0. The summed E-state index contributed by atoms with van der Waals surface area (Å²) in [5.74, 6) is 0.116. The molecule has 0 amide bonds. The van der Waals surface area contributed by atoms with Crippen LogP contribution in [0.3, 0.4) is 0 Å². The lowest BCUT2D eigenvalue weighted by Gasteiger charge is -2.12. The Balaban J connectivity index is 3.75. The average Bonchev–Trinajstić information content (AvgIpc) is 3.09. The summed E-state index contributed by atoms with van der Waals surface area (Å²) < 4.78 is 10.2. The molecule has 0 saturated carbocycles. The highest BCUT2D eigenvalue weighted by molar-refractivity contribution is 5.69. The second-order valence-corrected chi connectivity index (χ2v) is 13.0. The molecule has 4 atom stereocenters. The molecule has 7 nitrogen and oxygen atoms in total. The van der Waals surface area contributed by atoms with Gasteiger partial charge in [-0.05, 0) is 44.4 Å². The minimum absolute atomic E-state index is 0.177. The third-order valence-electron chi connectivity index (χ3n) is 8.17. The van der Waals surface area contributed by atoms with Crippen LogP contribution in [0.4, 0.5) is 0 Å². The minimum Gasteiger partial charge on any atom is -0.463 e. The van der Waals surface area contributed by atoms with Gasteiger partial charge >= 0.3 is 11.9 Å². The van der Waals surface area contributed by atoms with Crippen LogP contribution in [0.5, 0.6) is 0 Å². The van der Waals surface area contributed by atoms with Crippen LogP contribution >= 0.6 is 0 Å². The van der Waals surface area contributed by atoms with Gasteiger partial charge in [0.15, 0.2) is 0 Å². The fourth-order valence-corrected chi connectivity index (χ4v) is 4.86. The monoisotopic (exact) mass is 687 g/mol. The quantitative estimate of drug-likeness (QED) is 0.0280. The number of carbonyl (C=O) groups is 2. The van der Waals surface area contributed by atoms with Gasteiger partial charge in [0, 0.05) is 12.8 Å². The Morgan fingerprint density at radius 3 is 1.76 bits per heavy atom. The van der Waals surface area contributed by atoms with Crippen molar-refractivity contribution in [3.8, 4) is 0 Å². The van der Waals surface area contributed by atoms with E-state index >= 15 is 0 Å². The first kappa shape index (κ1) is 46.3. The Hall–Kier alpha value is -2.74. The molecule has 0 bridgehead atoms. The zero-order valence-corrected chi connectivity index (χ0v) is 31.1. The first-order valence-electron chi connectivity index (χ1n) is 19.1. The molecular formula is C42H70O7. The third kappa shape index (κ3) is 34.9. The molecule has 0 aromatic rings. The van der Waals surface area contributed by atoms with Gasteiger partial charge < -0.3 is 24.8 Å².